The van der Waals surface area contributed by atoms with Crippen LogP contribution < -0.4 is 15.4 Å². The Bertz CT molecular complexity index is 1450. The molecule has 1 aliphatic heterocycles. The molecule has 2 fully saturated rings. The van der Waals surface area contributed by atoms with E-state index in [9.17, 15) is 22.8 Å². The maximum absolute atomic E-state index is 13.1. The van der Waals surface area contributed by atoms with Crippen molar-refractivity contribution in [2.24, 2.45) is 5.92 Å². The average molecular weight is 555 g/mol. The smallest absolute Gasteiger partial charge is 0.307 e. The zero-order valence-corrected chi connectivity index (χ0v) is 21.9. The highest BCUT2D eigenvalue weighted by atomic mass is 32.2. The molecule has 1 aliphatic carbocycles. The fraction of sp³-hybridized carbons (Fsp3) is 0.308. The van der Waals surface area contributed by atoms with Crippen molar-refractivity contribution in [2.45, 2.75) is 49.0 Å². The lowest BCUT2D eigenvalue weighted by Crippen LogP contribution is -2.43. The number of carbonyl (C=O) groups is 3. The molecule has 1 aromatic heterocycles. The number of esters is 1. The summed E-state index contributed by atoms with van der Waals surface area (Å²) in [6, 6.07) is 12.2. The van der Waals surface area contributed by atoms with Gasteiger partial charge in [-0.3, -0.25) is 19.1 Å². The minimum atomic E-state index is -3.80. The molecule has 2 heterocycles. The van der Waals surface area contributed by atoms with Gasteiger partial charge in [0.15, 0.2) is 5.13 Å². The second-order valence-corrected chi connectivity index (χ2v) is 11.9. The number of hydrogen-bond donors (Lipinski definition) is 3. The van der Waals surface area contributed by atoms with E-state index in [0.29, 0.717) is 29.8 Å². The first-order chi connectivity index (χ1) is 18.2. The molecule has 2 amide bonds. The average Bonchev–Trinajstić information content (AvgIpc) is 3.51. The van der Waals surface area contributed by atoms with Crippen LogP contribution in [0.2, 0.25) is 0 Å². The Hall–Kier alpha value is -3.77. The van der Waals surface area contributed by atoms with Crippen LogP contribution in [-0.2, 0) is 24.3 Å². The van der Waals surface area contributed by atoms with Gasteiger partial charge in [0.05, 0.1) is 17.2 Å². The number of amides is 2. The Balaban J connectivity index is 1.23. The third-order valence-corrected chi connectivity index (χ3v) is 8.98. The first-order valence-corrected chi connectivity index (χ1v) is 14.6. The number of anilines is 3. The summed E-state index contributed by atoms with van der Waals surface area (Å²) in [6.07, 6.45) is 5.81. The van der Waals surface area contributed by atoms with E-state index in [0.717, 1.165) is 19.3 Å². The number of carbonyl (C=O) groups excluding carboxylic acids is 3. The Morgan fingerprint density at radius 2 is 1.76 bits per heavy atom. The third kappa shape index (κ3) is 5.55. The maximum atomic E-state index is 13.1. The van der Waals surface area contributed by atoms with Crippen molar-refractivity contribution in [1.82, 2.24) is 4.98 Å². The van der Waals surface area contributed by atoms with Crippen molar-refractivity contribution >= 4 is 55.7 Å². The predicted octanol–water partition coefficient (Wildman–Crippen LogP) is 4.40. The van der Waals surface area contributed by atoms with Crippen molar-refractivity contribution < 1.29 is 27.5 Å². The van der Waals surface area contributed by atoms with Crippen molar-refractivity contribution in [2.75, 3.05) is 15.4 Å². The molecule has 1 atom stereocenters. The molecule has 0 radical (unpaired) electrons. The molecule has 2 aliphatic rings. The van der Waals surface area contributed by atoms with Gasteiger partial charge in [-0.1, -0.05) is 12.5 Å². The van der Waals surface area contributed by atoms with Gasteiger partial charge in [0.1, 0.15) is 5.60 Å². The lowest BCUT2D eigenvalue weighted by molar-refractivity contribution is -0.153. The molecular weight excluding hydrogens is 528 g/mol. The lowest BCUT2D eigenvalue weighted by Gasteiger charge is -2.36. The summed E-state index contributed by atoms with van der Waals surface area (Å²) in [5.41, 5.74) is 0.404. The maximum Gasteiger partial charge on any atom is 0.307 e. The molecule has 198 valence electrons. The van der Waals surface area contributed by atoms with Crippen LogP contribution >= 0.6 is 11.3 Å². The fourth-order valence-corrected chi connectivity index (χ4v) is 6.75. The topological polar surface area (TPSA) is 144 Å². The van der Waals surface area contributed by atoms with E-state index in [1.807, 2.05) is 0 Å². The summed E-state index contributed by atoms with van der Waals surface area (Å²) in [4.78, 5) is 42.0. The minimum absolute atomic E-state index is 0.0283. The number of nitrogens with zero attached hydrogens (tertiary/aromatic N) is 1. The number of rotatable bonds is 7. The number of benzene rings is 2. The molecule has 12 heteroatoms. The fourth-order valence-electron chi connectivity index (χ4n) is 4.96. The lowest BCUT2D eigenvalue weighted by atomic mass is 9.75. The molecule has 5 rings (SSSR count). The Morgan fingerprint density at radius 3 is 2.47 bits per heavy atom. The molecule has 0 unspecified atom stereocenters. The molecule has 2 aromatic carbocycles. The van der Waals surface area contributed by atoms with E-state index in [-0.39, 0.29) is 28.3 Å². The van der Waals surface area contributed by atoms with Crippen LogP contribution in [0.1, 0.15) is 48.9 Å². The standard InChI is InChI=1S/C26H26N4O6S2/c31-22-16-21(26(36-22)11-2-1-3-12-26)24(33)29-19-6-4-5-17(15-19)23(32)28-18-7-9-20(10-8-18)38(34,35)30-25-27-13-14-37-25/h4-10,13-15,21H,1-3,11-12,16H2,(H,27,30)(H,28,32)(H,29,33)/t21-/m1/s1. The second kappa shape index (κ2) is 10.5. The molecule has 3 aromatic rings. The monoisotopic (exact) mass is 554 g/mol. The normalized spacial score (nSPS) is 18.5. The number of ether oxygens (including phenoxy) is 1. The summed E-state index contributed by atoms with van der Waals surface area (Å²) in [6.45, 7) is 0. The summed E-state index contributed by atoms with van der Waals surface area (Å²) >= 11 is 1.17. The highest BCUT2D eigenvalue weighted by Gasteiger charge is 2.52. The van der Waals surface area contributed by atoms with E-state index in [1.165, 1.54) is 41.8 Å². The summed E-state index contributed by atoms with van der Waals surface area (Å²) < 4.78 is 33.0. The summed E-state index contributed by atoms with van der Waals surface area (Å²) in [7, 11) is -3.80. The van der Waals surface area contributed by atoms with E-state index >= 15 is 0 Å². The molecule has 10 nitrogen and oxygen atoms in total. The van der Waals surface area contributed by atoms with Crippen LogP contribution in [0.15, 0.2) is 65.0 Å². The Morgan fingerprint density at radius 1 is 1.00 bits per heavy atom. The van der Waals surface area contributed by atoms with Crippen LogP contribution in [0, 0.1) is 5.92 Å². The molecule has 1 saturated heterocycles. The highest BCUT2D eigenvalue weighted by Crippen LogP contribution is 2.44. The van der Waals surface area contributed by atoms with Crippen LogP contribution in [0.25, 0.3) is 0 Å². The molecule has 38 heavy (non-hydrogen) atoms. The van der Waals surface area contributed by atoms with Gasteiger partial charge in [-0.05, 0) is 68.1 Å². The van der Waals surface area contributed by atoms with Crippen LogP contribution in [0.5, 0.6) is 0 Å². The number of nitrogens with one attached hydrogen (secondary N) is 3. The SMILES string of the molecule is O=C1C[C@H](C(=O)Nc2cccc(C(=O)Nc3ccc(S(=O)(=O)Nc4nccs4)cc3)c2)C2(CCCCC2)O1. The number of aromatic nitrogens is 1. The van der Waals surface area contributed by atoms with Crippen molar-refractivity contribution in [1.29, 1.82) is 0 Å². The van der Waals surface area contributed by atoms with Gasteiger partial charge in [-0.25, -0.2) is 13.4 Å². The van der Waals surface area contributed by atoms with Gasteiger partial charge in [-0.15, -0.1) is 11.3 Å². The van der Waals surface area contributed by atoms with Crippen LogP contribution in [0.4, 0.5) is 16.5 Å². The van der Waals surface area contributed by atoms with E-state index in [1.54, 1.807) is 29.6 Å². The Kier molecular flexibility index (Phi) is 7.17. The van der Waals surface area contributed by atoms with Crippen molar-refractivity contribution in [3.63, 3.8) is 0 Å². The number of hydrogen-bond acceptors (Lipinski definition) is 8. The molecule has 3 N–H and O–H groups in total. The molecule has 0 bridgehead atoms. The number of thiazole rings is 1. The minimum Gasteiger partial charge on any atom is -0.458 e. The van der Waals surface area contributed by atoms with E-state index < -0.39 is 27.4 Å². The van der Waals surface area contributed by atoms with Crippen molar-refractivity contribution in [3.05, 3.63) is 65.7 Å². The van der Waals surface area contributed by atoms with Gasteiger partial charge in [0, 0.05) is 28.5 Å². The van der Waals surface area contributed by atoms with Gasteiger partial charge in [0.25, 0.3) is 15.9 Å². The molecule has 1 spiro atoms. The van der Waals surface area contributed by atoms with Crippen LogP contribution in [0.3, 0.4) is 0 Å². The summed E-state index contributed by atoms with van der Waals surface area (Å²) in [5, 5.41) is 7.50. The second-order valence-electron chi connectivity index (χ2n) is 9.35. The van der Waals surface area contributed by atoms with Gasteiger partial charge in [-0.2, -0.15) is 0 Å². The predicted molar refractivity (Wildman–Crippen MR) is 142 cm³/mol. The Labute approximate surface area is 223 Å². The summed E-state index contributed by atoms with van der Waals surface area (Å²) in [5.74, 6) is -1.63. The molecule has 1 saturated carbocycles. The first kappa shape index (κ1) is 25.9. The van der Waals surface area contributed by atoms with Gasteiger partial charge in [0.2, 0.25) is 5.91 Å². The highest BCUT2D eigenvalue weighted by molar-refractivity contribution is 7.93. The first-order valence-electron chi connectivity index (χ1n) is 12.2. The quantitative estimate of drug-likeness (QED) is 0.367. The van der Waals surface area contributed by atoms with E-state index in [4.69, 9.17) is 4.74 Å². The zero-order valence-electron chi connectivity index (χ0n) is 20.3. The zero-order chi connectivity index (χ0) is 26.8. The molecular formula is C26H26N4O6S2. The van der Waals surface area contributed by atoms with Gasteiger partial charge >= 0.3 is 5.97 Å². The third-order valence-electron chi connectivity index (χ3n) is 6.81. The van der Waals surface area contributed by atoms with Crippen LogP contribution in [-0.4, -0.2) is 36.8 Å². The van der Waals surface area contributed by atoms with Crippen molar-refractivity contribution in [3.8, 4) is 0 Å². The number of sulfonamides is 1. The van der Waals surface area contributed by atoms with E-state index in [2.05, 4.69) is 20.3 Å². The largest absolute Gasteiger partial charge is 0.458 e. The van der Waals surface area contributed by atoms with Gasteiger partial charge < -0.3 is 15.4 Å².